The van der Waals surface area contributed by atoms with Crippen LogP contribution in [0.3, 0.4) is 0 Å². The maximum absolute atomic E-state index is 11.4. The molecule has 0 aliphatic heterocycles. The van der Waals surface area contributed by atoms with Gasteiger partial charge in [-0.3, -0.25) is 0 Å². The number of hydrogen-bond donors (Lipinski definition) is 1. The molecule has 0 aliphatic carbocycles. The first-order valence-corrected chi connectivity index (χ1v) is 11.5. The fourth-order valence-corrected chi connectivity index (χ4v) is 4.91. The molecule has 1 heterocycles. The molecule has 0 radical (unpaired) electrons. The van der Waals surface area contributed by atoms with Crippen LogP contribution in [0.4, 0.5) is 0 Å². The van der Waals surface area contributed by atoms with E-state index in [0.717, 1.165) is 29.8 Å². The van der Waals surface area contributed by atoms with Crippen molar-refractivity contribution in [2.24, 2.45) is 0 Å². The number of furan rings is 1. The average Bonchev–Trinajstić information content (AvgIpc) is 3.11. The quantitative estimate of drug-likeness (QED) is 0.302. The molecule has 0 fully saturated rings. The Hall–Kier alpha value is -3.02. The summed E-state index contributed by atoms with van der Waals surface area (Å²) in [6.45, 7) is 7.85. The first-order chi connectivity index (χ1) is 15.4. The van der Waals surface area contributed by atoms with Gasteiger partial charge in [0, 0.05) is 28.9 Å². The lowest BCUT2D eigenvalue weighted by molar-refractivity contribution is 0.0664. The lowest BCUT2D eigenvalue weighted by Crippen LogP contribution is -2.19. The van der Waals surface area contributed by atoms with E-state index in [-0.39, 0.29) is 5.76 Å². The number of aryl methyl sites for hydroxylation is 3. The molecule has 32 heavy (non-hydrogen) atoms. The molecule has 4 aromatic rings. The third-order valence-corrected chi connectivity index (χ3v) is 6.84. The third-order valence-electron chi connectivity index (χ3n) is 5.81. The van der Waals surface area contributed by atoms with Gasteiger partial charge in [-0.05, 0) is 79.6 Å². The van der Waals surface area contributed by atoms with E-state index < -0.39 is 5.97 Å². The highest BCUT2D eigenvalue weighted by atomic mass is 32.2. The van der Waals surface area contributed by atoms with Crippen LogP contribution in [0.1, 0.15) is 38.4 Å². The van der Waals surface area contributed by atoms with Crippen molar-refractivity contribution in [2.45, 2.75) is 38.6 Å². The molecule has 0 spiro atoms. The van der Waals surface area contributed by atoms with Crippen molar-refractivity contribution < 1.29 is 14.3 Å². The van der Waals surface area contributed by atoms with E-state index in [0.29, 0.717) is 11.1 Å². The minimum Gasteiger partial charge on any atom is -0.475 e. The van der Waals surface area contributed by atoms with Crippen molar-refractivity contribution in [1.82, 2.24) is 4.31 Å². The Balaban J connectivity index is 1.61. The van der Waals surface area contributed by atoms with Crippen molar-refractivity contribution >= 4 is 28.9 Å². The summed E-state index contributed by atoms with van der Waals surface area (Å²) in [6.07, 6.45) is 0.953. The van der Waals surface area contributed by atoms with Gasteiger partial charge < -0.3 is 9.52 Å². The summed E-state index contributed by atoms with van der Waals surface area (Å²) in [4.78, 5) is 12.5. The van der Waals surface area contributed by atoms with Crippen LogP contribution >= 0.6 is 11.9 Å². The SMILES string of the molecule is Cc1cccc(C)c1CN(CCc1ccccc1)Sc1ccc2oc(C(=O)O)c(C)c2c1. The number of carboxylic acids is 1. The van der Waals surface area contributed by atoms with Crippen LogP contribution in [0.5, 0.6) is 0 Å². The van der Waals surface area contributed by atoms with E-state index in [1.54, 1.807) is 18.9 Å². The van der Waals surface area contributed by atoms with Crippen molar-refractivity contribution in [2.75, 3.05) is 6.54 Å². The second kappa shape index (κ2) is 9.63. The molecule has 0 saturated heterocycles. The Bertz CT molecular complexity index is 1230. The number of fused-ring (bicyclic) bond motifs is 1. The highest BCUT2D eigenvalue weighted by Crippen LogP contribution is 2.32. The Morgan fingerprint density at radius 1 is 0.969 bits per heavy atom. The second-order valence-corrected chi connectivity index (χ2v) is 9.25. The Morgan fingerprint density at radius 2 is 1.69 bits per heavy atom. The van der Waals surface area contributed by atoms with Gasteiger partial charge in [0.2, 0.25) is 5.76 Å². The number of hydrogen-bond acceptors (Lipinski definition) is 4. The molecule has 5 heteroatoms. The minimum absolute atomic E-state index is 0.0126. The van der Waals surface area contributed by atoms with Crippen LogP contribution < -0.4 is 0 Å². The van der Waals surface area contributed by atoms with E-state index >= 15 is 0 Å². The lowest BCUT2D eigenvalue weighted by Gasteiger charge is -2.23. The molecular formula is C27H27NO3S. The van der Waals surface area contributed by atoms with Gasteiger partial charge in [-0.2, -0.15) is 0 Å². The van der Waals surface area contributed by atoms with Gasteiger partial charge >= 0.3 is 5.97 Å². The van der Waals surface area contributed by atoms with Gasteiger partial charge in [0.25, 0.3) is 0 Å². The van der Waals surface area contributed by atoms with E-state index in [9.17, 15) is 9.90 Å². The largest absolute Gasteiger partial charge is 0.475 e. The molecule has 4 nitrogen and oxygen atoms in total. The summed E-state index contributed by atoms with van der Waals surface area (Å²) in [7, 11) is 0. The molecule has 0 unspecified atom stereocenters. The molecule has 0 saturated carbocycles. The van der Waals surface area contributed by atoms with Crippen LogP contribution in [0.2, 0.25) is 0 Å². The number of carbonyl (C=O) groups is 1. The van der Waals surface area contributed by atoms with Crippen LogP contribution in [-0.2, 0) is 13.0 Å². The monoisotopic (exact) mass is 445 g/mol. The smallest absolute Gasteiger partial charge is 0.372 e. The summed E-state index contributed by atoms with van der Waals surface area (Å²) in [5.74, 6) is -1.02. The molecule has 0 aliphatic rings. The first-order valence-electron chi connectivity index (χ1n) is 10.7. The lowest BCUT2D eigenvalue weighted by atomic mass is 10.0. The fraction of sp³-hybridized carbons (Fsp3) is 0.222. The maximum Gasteiger partial charge on any atom is 0.372 e. The fourth-order valence-electron chi connectivity index (χ4n) is 3.94. The molecule has 0 bridgehead atoms. The van der Waals surface area contributed by atoms with Crippen molar-refractivity contribution in [3.8, 4) is 0 Å². The van der Waals surface area contributed by atoms with Crippen LogP contribution in [-0.4, -0.2) is 21.9 Å². The zero-order valence-electron chi connectivity index (χ0n) is 18.6. The zero-order chi connectivity index (χ0) is 22.7. The average molecular weight is 446 g/mol. The summed E-state index contributed by atoms with van der Waals surface area (Å²) in [6, 6.07) is 22.9. The van der Waals surface area contributed by atoms with Crippen molar-refractivity contribution in [1.29, 1.82) is 0 Å². The third kappa shape index (κ3) is 4.90. The topological polar surface area (TPSA) is 53.7 Å². The van der Waals surface area contributed by atoms with Gasteiger partial charge in [-0.1, -0.05) is 48.5 Å². The molecule has 164 valence electrons. The van der Waals surface area contributed by atoms with Gasteiger partial charge in [-0.25, -0.2) is 9.10 Å². The highest BCUT2D eigenvalue weighted by molar-refractivity contribution is 7.97. The Morgan fingerprint density at radius 3 is 2.38 bits per heavy atom. The van der Waals surface area contributed by atoms with E-state index in [2.05, 4.69) is 60.6 Å². The Kier molecular flexibility index (Phi) is 6.68. The number of nitrogens with zero attached hydrogens (tertiary/aromatic N) is 1. The molecule has 0 atom stereocenters. The summed E-state index contributed by atoms with van der Waals surface area (Å²) in [5, 5.41) is 10.2. The van der Waals surface area contributed by atoms with Gasteiger partial charge in [-0.15, -0.1) is 0 Å². The predicted octanol–water partition coefficient (Wildman–Crippen LogP) is 6.81. The minimum atomic E-state index is -1.03. The maximum atomic E-state index is 11.4. The summed E-state index contributed by atoms with van der Waals surface area (Å²) in [5.41, 5.74) is 6.52. The summed E-state index contributed by atoms with van der Waals surface area (Å²) >= 11 is 1.71. The molecular weight excluding hydrogens is 418 g/mol. The molecule has 4 rings (SSSR count). The van der Waals surface area contributed by atoms with Gasteiger partial charge in [0.15, 0.2) is 0 Å². The van der Waals surface area contributed by atoms with Crippen molar-refractivity contribution in [3.63, 3.8) is 0 Å². The molecule has 3 aromatic carbocycles. The molecule has 1 aromatic heterocycles. The normalized spacial score (nSPS) is 11.4. The van der Waals surface area contributed by atoms with Crippen LogP contribution in [0.25, 0.3) is 11.0 Å². The number of benzene rings is 3. The van der Waals surface area contributed by atoms with E-state index in [1.165, 1.54) is 22.3 Å². The predicted molar refractivity (Wildman–Crippen MR) is 130 cm³/mol. The molecule has 1 N–H and O–H groups in total. The van der Waals surface area contributed by atoms with Crippen LogP contribution in [0, 0.1) is 20.8 Å². The second-order valence-electron chi connectivity index (χ2n) is 8.08. The van der Waals surface area contributed by atoms with Gasteiger partial charge in [0.05, 0.1) is 0 Å². The summed E-state index contributed by atoms with van der Waals surface area (Å²) < 4.78 is 7.92. The number of carboxylic acid groups (broad SMARTS) is 1. The van der Waals surface area contributed by atoms with Crippen LogP contribution in [0.15, 0.2) is 76.0 Å². The van der Waals surface area contributed by atoms with Gasteiger partial charge in [0.1, 0.15) is 5.58 Å². The number of rotatable bonds is 8. The first kappa shape index (κ1) is 22.2. The standard InChI is InChI=1S/C27H27NO3S/c1-18-8-7-9-19(2)24(18)17-28(15-14-21-10-5-4-6-11-21)32-22-12-13-25-23(16-22)20(3)26(31-25)27(29)30/h4-13,16H,14-15,17H2,1-3H3,(H,29,30). The van der Waals surface area contributed by atoms with Crippen molar-refractivity contribution in [3.05, 3.63) is 100 Å². The van der Waals surface area contributed by atoms with E-state index in [1.807, 2.05) is 24.3 Å². The zero-order valence-corrected chi connectivity index (χ0v) is 19.4. The number of aromatic carboxylic acids is 1. The Labute approximate surface area is 193 Å². The van der Waals surface area contributed by atoms with E-state index in [4.69, 9.17) is 4.42 Å². The highest BCUT2D eigenvalue weighted by Gasteiger charge is 2.18. The molecule has 0 amide bonds.